The van der Waals surface area contributed by atoms with Gasteiger partial charge in [0.2, 0.25) is 0 Å². The standard InChI is InChI=1S/C10H8NO2P/c12-10(13)8-5-6-3-1-2-4-7(6)9(14)11-8/h1-5H,14H2,(H,12,13). The summed E-state index contributed by atoms with van der Waals surface area (Å²) in [4.78, 5) is 14.7. The fourth-order valence-corrected chi connectivity index (χ4v) is 1.74. The highest BCUT2D eigenvalue weighted by Crippen LogP contribution is 2.13. The molecule has 3 nitrogen and oxygen atoms in total. The number of nitrogens with zero attached hydrogens (tertiary/aromatic N) is 1. The zero-order valence-electron chi connectivity index (χ0n) is 7.27. The van der Waals surface area contributed by atoms with E-state index in [9.17, 15) is 4.79 Å². The molecular weight excluding hydrogens is 197 g/mol. The third-order valence-corrected chi connectivity index (χ3v) is 2.43. The minimum atomic E-state index is -1.00. The smallest absolute Gasteiger partial charge is 0.354 e. The SMILES string of the molecule is O=C(O)c1cc2ccccc2c(P)n1. The lowest BCUT2D eigenvalue weighted by Gasteiger charge is -2.02. The molecule has 0 aliphatic carbocycles. The van der Waals surface area contributed by atoms with Gasteiger partial charge in [-0.05, 0) is 11.5 Å². The number of rotatable bonds is 1. The molecule has 0 bridgehead atoms. The minimum Gasteiger partial charge on any atom is -0.477 e. The Hall–Kier alpha value is -1.47. The Bertz CT molecular complexity index is 510. The molecule has 0 aliphatic rings. The average Bonchev–Trinajstić information content (AvgIpc) is 2.17. The maximum atomic E-state index is 10.7. The van der Waals surface area contributed by atoms with Gasteiger partial charge in [-0.2, -0.15) is 0 Å². The summed E-state index contributed by atoms with van der Waals surface area (Å²) in [6.07, 6.45) is 0. The summed E-state index contributed by atoms with van der Waals surface area (Å²) in [7, 11) is 2.45. The van der Waals surface area contributed by atoms with Crippen molar-refractivity contribution in [1.82, 2.24) is 4.98 Å². The highest BCUT2D eigenvalue weighted by molar-refractivity contribution is 7.27. The van der Waals surface area contributed by atoms with Crippen LogP contribution in [0.25, 0.3) is 10.8 Å². The maximum absolute atomic E-state index is 10.7. The van der Waals surface area contributed by atoms with Crippen LogP contribution in [0.4, 0.5) is 0 Å². The monoisotopic (exact) mass is 205 g/mol. The first-order valence-electron chi connectivity index (χ1n) is 4.07. The zero-order chi connectivity index (χ0) is 10.1. The Morgan fingerprint density at radius 3 is 2.79 bits per heavy atom. The van der Waals surface area contributed by atoms with Crippen LogP contribution in [-0.4, -0.2) is 16.1 Å². The van der Waals surface area contributed by atoms with E-state index in [1.54, 1.807) is 6.07 Å². The second kappa shape index (κ2) is 3.35. The molecule has 14 heavy (non-hydrogen) atoms. The van der Waals surface area contributed by atoms with E-state index in [0.717, 1.165) is 10.8 Å². The van der Waals surface area contributed by atoms with Crippen LogP contribution in [0.2, 0.25) is 0 Å². The van der Waals surface area contributed by atoms with Crippen molar-refractivity contribution < 1.29 is 9.90 Å². The van der Waals surface area contributed by atoms with Gasteiger partial charge in [0.05, 0.1) is 5.44 Å². The van der Waals surface area contributed by atoms with Crippen molar-refractivity contribution in [1.29, 1.82) is 0 Å². The minimum absolute atomic E-state index is 0.0775. The van der Waals surface area contributed by atoms with Gasteiger partial charge in [-0.15, -0.1) is 0 Å². The van der Waals surface area contributed by atoms with Crippen molar-refractivity contribution in [3.63, 3.8) is 0 Å². The lowest BCUT2D eigenvalue weighted by atomic mass is 10.1. The van der Waals surface area contributed by atoms with E-state index in [4.69, 9.17) is 5.11 Å². The molecule has 0 radical (unpaired) electrons. The summed E-state index contributed by atoms with van der Waals surface area (Å²) in [6, 6.07) is 9.13. The fourth-order valence-electron chi connectivity index (χ4n) is 1.34. The van der Waals surface area contributed by atoms with Crippen LogP contribution in [-0.2, 0) is 0 Å². The lowest BCUT2D eigenvalue weighted by molar-refractivity contribution is 0.0691. The first kappa shape index (κ1) is 9.10. The van der Waals surface area contributed by atoms with E-state index in [0.29, 0.717) is 5.44 Å². The van der Waals surface area contributed by atoms with E-state index in [1.165, 1.54) is 0 Å². The Morgan fingerprint density at radius 2 is 2.07 bits per heavy atom. The molecule has 1 unspecified atom stereocenters. The van der Waals surface area contributed by atoms with Gasteiger partial charge < -0.3 is 5.11 Å². The van der Waals surface area contributed by atoms with E-state index >= 15 is 0 Å². The second-order valence-electron chi connectivity index (χ2n) is 2.92. The third kappa shape index (κ3) is 1.47. The maximum Gasteiger partial charge on any atom is 0.354 e. The van der Waals surface area contributed by atoms with Crippen molar-refractivity contribution >= 4 is 31.4 Å². The molecule has 70 valence electrons. The van der Waals surface area contributed by atoms with Crippen molar-refractivity contribution in [2.75, 3.05) is 0 Å². The van der Waals surface area contributed by atoms with Crippen LogP contribution in [0.15, 0.2) is 30.3 Å². The molecule has 2 rings (SSSR count). The number of aromatic carboxylic acids is 1. The van der Waals surface area contributed by atoms with Crippen molar-refractivity contribution in [3.8, 4) is 0 Å². The van der Waals surface area contributed by atoms with Gasteiger partial charge in [0, 0.05) is 5.39 Å². The number of carboxylic acid groups (broad SMARTS) is 1. The van der Waals surface area contributed by atoms with Gasteiger partial charge >= 0.3 is 5.97 Å². The molecule has 0 saturated heterocycles. The fraction of sp³-hybridized carbons (Fsp3) is 0. The summed E-state index contributed by atoms with van der Waals surface area (Å²) < 4.78 is 0. The molecule has 0 saturated carbocycles. The lowest BCUT2D eigenvalue weighted by Crippen LogP contribution is -2.08. The van der Waals surface area contributed by atoms with E-state index < -0.39 is 5.97 Å². The first-order chi connectivity index (χ1) is 6.68. The Morgan fingerprint density at radius 1 is 1.36 bits per heavy atom. The topological polar surface area (TPSA) is 50.2 Å². The molecule has 0 aliphatic heterocycles. The second-order valence-corrected chi connectivity index (χ2v) is 3.47. The number of aromatic nitrogens is 1. The van der Waals surface area contributed by atoms with E-state index in [1.807, 2.05) is 24.3 Å². The van der Waals surface area contributed by atoms with Crippen LogP contribution in [0, 0.1) is 0 Å². The molecule has 1 atom stereocenters. The predicted molar refractivity (Wildman–Crippen MR) is 58.0 cm³/mol. The van der Waals surface area contributed by atoms with Gasteiger partial charge in [-0.25, -0.2) is 9.78 Å². The number of fused-ring (bicyclic) bond motifs is 1. The van der Waals surface area contributed by atoms with E-state index in [2.05, 4.69) is 14.2 Å². The number of benzene rings is 1. The summed E-state index contributed by atoms with van der Waals surface area (Å²) in [5.41, 5.74) is 0.745. The van der Waals surface area contributed by atoms with Crippen LogP contribution in [0.1, 0.15) is 10.5 Å². The number of carbonyl (C=O) groups is 1. The summed E-state index contributed by atoms with van der Waals surface area (Å²) in [5.74, 6) is -1.00. The van der Waals surface area contributed by atoms with Crippen LogP contribution >= 0.6 is 9.24 Å². The first-order valence-corrected chi connectivity index (χ1v) is 4.65. The van der Waals surface area contributed by atoms with Gasteiger partial charge in [0.25, 0.3) is 0 Å². The molecular formula is C10H8NO2P. The Kier molecular flexibility index (Phi) is 2.18. The number of carboxylic acids is 1. The molecule has 0 fully saturated rings. The average molecular weight is 205 g/mol. The summed E-state index contributed by atoms with van der Waals surface area (Å²) >= 11 is 0. The normalized spacial score (nSPS) is 10.4. The Labute approximate surface area is 83.0 Å². The quantitative estimate of drug-likeness (QED) is 0.716. The summed E-state index contributed by atoms with van der Waals surface area (Å²) in [6.45, 7) is 0. The third-order valence-electron chi connectivity index (χ3n) is 1.99. The molecule has 1 aromatic heterocycles. The van der Waals surface area contributed by atoms with E-state index in [-0.39, 0.29) is 5.69 Å². The van der Waals surface area contributed by atoms with Gasteiger partial charge in [0.1, 0.15) is 5.69 Å². The molecule has 1 N–H and O–H groups in total. The van der Waals surface area contributed by atoms with Gasteiger partial charge in [-0.1, -0.05) is 33.5 Å². The molecule has 0 amide bonds. The number of hydrogen-bond acceptors (Lipinski definition) is 2. The Balaban J connectivity index is 2.78. The molecule has 0 spiro atoms. The van der Waals surface area contributed by atoms with Gasteiger partial charge in [0.15, 0.2) is 0 Å². The number of pyridine rings is 1. The van der Waals surface area contributed by atoms with Crippen LogP contribution in [0.5, 0.6) is 0 Å². The van der Waals surface area contributed by atoms with Crippen molar-refractivity contribution in [3.05, 3.63) is 36.0 Å². The summed E-state index contributed by atoms with van der Waals surface area (Å²) in [5, 5.41) is 10.7. The largest absolute Gasteiger partial charge is 0.477 e. The van der Waals surface area contributed by atoms with Crippen LogP contribution < -0.4 is 5.44 Å². The van der Waals surface area contributed by atoms with Crippen LogP contribution in [0.3, 0.4) is 0 Å². The van der Waals surface area contributed by atoms with Crippen molar-refractivity contribution in [2.45, 2.75) is 0 Å². The zero-order valence-corrected chi connectivity index (χ0v) is 8.42. The highest BCUT2D eigenvalue weighted by atomic mass is 31.0. The molecule has 2 aromatic rings. The van der Waals surface area contributed by atoms with Gasteiger partial charge in [-0.3, -0.25) is 0 Å². The highest BCUT2D eigenvalue weighted by Gasteiger charge is 2.07. The molecule has 4 heteroatoms. The molecule has 1 aromatic carbocycles. The predicted octanol–water partition coefficient (Wildman–Crippen LogP) is 1.43. The molecule has 1 heterocycles. The number of hydrogen-bond donors (Lipinski definition) is 1. The van der Waals surface area contributed by atoms with Crippen molar-refractivity contribution in [2.24, 2.45) is 0 Å².